The van der Waals surface area contributed by atoms with Crippen LogP contribution in [0.5, 0.6) is 0 Å². The highest BCUT2D eigenvalue weighted by molar-refractivity contribution is 6.74. The van der Waals surface area contributed by atoms with Crippen LogP contribution >= 0.6 is 0 Å². The molecule has 21 heavy (non-hydrogen) atoms. The van der Waals surface area contributed by atoms with Gasteiger partial charge in [-0.1, -0.05) is 20.8 Å². The topological polar surface area (TPSA) is 21.6 Å². The van der Waals surface area contributed by atoms with Gasteiger partial charge in [0, 0.05) is 6.42 Å². The molecule has 0 spiro atoms. The van der Waals surface area contributed by atoms with Gasteiger partial charge in [-0.3, -0.25) is 4.99 Å². The van der Waals surface area contributed by atoms with Gasteiger partial charge in [0.15, 0.2) is 8.32 Å². The first kappa shape index (κ1) is 20.5. The number of halogens is 5. The molecule has 0 rings (SSSR count). The van der Waals surface area contributed by atoms with Gasteiger partial charge in [0.1, 0.15) is 6.21 Å². The fourth-order valence-corrected chi connectivity index (χ4v) is 2.32. The predicted molar refractivity (Wildman–Crippen MR) is 76.7 cm³/mol. The Hall–Kier alpha value is -0.503. The third kappa shape index (κ3) is 9.18. The number of nitrogens with zero attached hydrogens (tertiary/aromatic N) is 1. The van der Waals surface area contributed by atoms with Gasteiger partial charge in [-0.15, -0.1) is 0 Å². The van der Waals surface area contributed by atoms with Crippen LogP contribution in [0.3, 0.4) is 0 Å². The third-order valence-corrected chi connectivity index (χ3v) is 7.97. The second kappa shape index (κ2) is 6.72. The maximum atomic E-state index is 13.0. The van der Waals surface area contributed by atoms with Crippen LogP contribution in [0.25, 0.3) is 0 Å². The summed E-state index contributed by atoms with van der Waals surface area (Å²) in [5, 5.41) is -0.153. The highest BCUT2D eigenvalue weighted by Gasteiger charge is 2.38. The Morgan fingerprint density at radius 1 is 1.05 bits per heavy atom. The van der Waals surface area contributed by atoms with Crippen molar-refractivity contribution in [1.82, 2.24) is 0 Å². The van der Waals surface area contributed by atoms with Crippen LogP contribution in [0.2, 0.25) is 18.1 Å². The number of rotatable bonds is 6. The Balaban J connectivity index is 4.89. The minimum Gasteiger partial charge on any atom is -0.415 e. The number of alkyl halides is 5. The number of aliphatic imine (C=N–C) groups is 1. The monoisotopic (exact) mass is 333 g/mol. The lowest BCUT2D eigenvalue weighted by atomic mass is 10.1. The van der Waals surface area contributed by atoms with E-state index in [1.54, 1.807) is 0 Å². The zero-order chi connectivity index (χ0) is 17.1. The van der Waals surface area contributed by atoms with E-state index in [9.17, 15) is 22.0 Å². The molecule has 0 bridgehead atoms. The summed E-state index contributed by atoms with van der Waals surface area (Å²) in [6.07, 6.45) is -5.62. The van der Waals surface area contributed by atoms with Crippen LogP contribution in [0.1, 0.15) is 34.1 Å². The van der Waals surface area contributed by atoms with Gasteiger partial charge in [-0.05, 0) is 25.1 Å². The van der Waals surface area contributed by atoms with E-state index in [2.05, 4.69) is 4.99 Å². The molecule has 0 amide bonds. The Morgan fingerprint density at radius 3 is 1.86 bits per heavy atom. The van der Waals surface area contributed by atoms with Crippen molar-refractivity contribution in [2.24, 2.45) is 4.99 Å². The van der Waals surface area contributed by atoms with Gasteiger partial charge in [0.2, 0.25) is 5.92 Å². The van der Waals surface area contributed by atoms with Gasteiger partial charge in [0.05, 0.1) is 12.6 Å². The van der Waals surface area contributed by atoms with E-state index in [0.717, 1.165) is 0 Å². The second-order valence-electron chi connectivity index (χ2n) is 6.82. The van der Waals surface area contributed by atoms with Crippen molar-refractivity contribution >= 4 is 14.5 Å². The minimum atomic E-state index is -4.61. The molecule has 0 fully saturated rings. The van der Waals surface area contributed by atoms with E-state index in [4.69, 9.17) is 4.43 Å². The molecular formula is C13H24F5NOSi. The summed E-state index contributed by atoms with van der Waals surface area (Å²) in [6, 6.07) is -1.21. The fraction of sp³-hybridized carbons (Fsp3) is 0.923. The molecule has 1 atom stereocenters. The average molecular weight is 333 g/mol. The van der Waals surface area contributed by atoms with E-state index in [0.29, 0.717) is 6.92 Å². The van der Waals surface area contributed by atoms with Crippen molar-refractivity contribution in [3.8, 4) is 0 Å². The SMILES string of the molecule is CC(F)(F)C[C@H](CO[Si](C)(C)C(C)(C)C)N=CC(F)(F)F. The van der Waals surface area contributed by atoms with Crippen molar-refractivity contribution in [2.75, 3.05) is 6.61 Å². The standard InChI is InChI=1S/C13H24F5NOSi/c1-11(2,3)21(5,6)20-8-10(7-12(4,14)15)19-9-13(16,17)18/h9-10H,7-8H2,1-6H3/t10-/m1/s1. The van der Waals surface area contributed by atoms with Crippen LogP contribution in [-0.4, -0.2) is 39.3 Å². The molecule has 0 saturated carbocycles. The molecule has 0 aromatic rings. The summed E-state index contributed by atoms with van der Waals surface area (Å²) in [5.41, 5.74) is 0. The normalized spacial score (nSPS) is 16.5. The van der Waals surface area contributed by atoms with E-state index in [1.165, 1.54) is 0 Å². The molecule has 0 aromatic carbocycles. The van der Waals surface area contributed by atoms with Crippen molar-refractivity contribution in [1.29, 1.82) is 0 Å². The maximum absolute atomic E-state index is 13.0. The first-order valence-electron chi connectivity index (χ1n) is 6.66. The van der Waals surface area contributed by atoms with E-state index < -0.39 is 32.9 Å². The quantitative estimate of drug-likeness (QED) is 0.378. The van der Waals surface area contributed by atoms with Gasteiger partial charge < -0.3 is 4.43 Å². The van der Waals surface area contributed by atoms with Crippen molar-refractivity contribution < 1.29 is 26.4 Å². The lowest BCUT2D eigenvalue weighted by Gasteiger charge is -2.37. The first-order chi connectivity index (χ1) is 9.04. The second-order valence-corrected chi connectivity index (χ2v) is 11.6. The fourth-order valence-electron chi connectivity index (χ4n) is 1.28. The summed E-state index contributed by atoms with van der Waals surface area (Å²) >= 11 is 0. The third-order valence-electron chi connectivity index (χ3n) is 3.47. The average Bonchev–Trinajstić information content (AvgIpc) is 2.17. The largest absolute Gasteiger partial charge is 0.426 e. The molecule has 126 valence electrons. The lowest BCUT2D eigenvalue weighted by Crippen LogP contribution is -2.43. The molecule has 8 heteroatoms. The van der Waals surface area contributed by atoms with Crippen LogP contribution in [0.4, 0.5) is 22.0 Å². The van der Waals surface area contributed by atoms with Crippen molar-refractivity contribution in [3.63, 3.8) is 0 Å². The zero-order valence-electron chi connectivity index (χ0n) is 13.3. The van der Waals surface area contributed by atoms with Gasteiger partial charge in [-0.2, -0.15) is 13.2 Å². The number of hydrogen-bond acceptors (Lipinski definition) is 2. The first-order valence-corrected chi connectivity index (χ1v) is 9.57. The van der Waals surface area contributed by atoms with Crippen LogP contribution in [0.15, 0.2) is 4.99 Å². The Bertz CT molecular complexity index is 355. The van der Waals surface area contributed by atoms with Gasteiger partial charge in [-0.25, -0.2) is 8.78 Å². The highest BCUT2D eigenvalue weighted by Crippen LogP contribution is 2.37. The molecule has 2 nitrogen and oxygen atoms in total. The Kier molecular flexibility index (Phi) is 6.56. The summed E-state index contributed by atoms with van der Waals surface area (Å²) in [7, 11) is -2.22. The molecule has 0 aliphatic heterocycles. The molecule has 0 N–H and O–H groups in total. The Morgan fingerprint density at radius 2 is 1.52 bits per heavy atom. The van der Waals surface area contributed by atoms with Crippen molar-refractivity contribution in [3.05, 3.63) is 0 Å². The molecule has 0 unspecified atom stereocenters. The van der Waals surface area contributed by atoms with Gasteiger partial charge >= 0.3 is 6.18 Å². The molecule has 0 heterocycles. The highest BCUT2D eigenvalue weighted by atomic mass is 28.4. The zero-order valence-corrected chi connectivity index (χ0v) is 14.3. The lowest BCUT2D eigenvalue weighted by molar-refractivity contribution is -0.0545. The van der Waals surface area contributed by atoms with Crippen LogP contribution in [-0.2, 0) is 4.43 Å². The molecule has 0 aromatic heterocycles. The summed E-state index contributed by atoms with van der Waals surface area (Å²) in [6.45, 7) is 10.1. The molecular weight excluding hydrogens is 309 g/mol. The van der Waals surface area contributed by atoms with E-state index >= 15 is 0 Å². The van der Waals surface area contributed by atoms with E-state index in [1.807, 2.05) is 33.9 Å². The number of hydrogen-bond donors (Lipinski definition) is 0. The predicted octanol–water partition coefficient (Wildman–Crippen LogP) is 5.06. The smallest absolute Gasteiger partial charge is 0.415 e. The van der Waals surface area contributed by atoms with Gasteiger partial charge in [0.25, 0.3) is 0 Å². The molecule has 0 radical (unpaired) electrons. The summed E-state index contributed by atoms with van der Waals surface area (Å²) in [4.78, 5) is 3.23. The maximum Gasteiger partial charge on any atom is 0.426 e. The minimum absolute atomic E-state index is 0.153. The van der Waals surface area contributed by atoms with Crippen LogP contribution < -0.4 is 0 Å². The summed E-state index contributed by atoms with van der Waals surface area (Å²) < 4.78 is 68.2. The van der Waals surface area contributed by atoms with Crippen LogP contribution in [0, 0.1) is 0 Å². The van der Waals surface area contributed by atoms with E-state index in [-0.39, 0.29) is 17.9 Å². The Labute approximate surface area is 123 Å². The molecule has 0 aliphatic carbocycles. The molecule has 0 aliphatic rings. The summed E-state index contributed by atoms with van der Waals surface area (Å²) in [5.74, 6) is -3.09. The molecule has 0 saturated heterocycles. The van der Waals surface area contributed by atoms with Crippen molar-refractivity contribution in [2.45, 2.75) is 70.4 Å².